The first-order valence-corrected chi connectivity index (χ1v) is 18.5. The Labute approximate surface area is 293 Å². The van der Waals surface area contributed by atoms with E-state index in [2.05, 4.69) is 5.32 Å². The van der Waals surface area contributed by atoms with Crippen LogP contribution in [0.3, 0.4) is 0 Å². The highest BCUT2D eigenvalue weighted by Gasteiger charge is 2.44. The van der Waals surface area contributed by atoms with Crippen molar-refractivity contribution in [2.24, 2.45) is 11.3 Å². The van der Waals surface area contributed by atoms with Crippen molar-refractivity contribution < 1.29 is 51.9 Å². The summed E-state index contributed by atoms with van der Waals surface area (Å²) in [5.41, 5.74) is 0.229. The van der Waals surface area contributed by atoms with Gasteiger partial charge in [0.25, 0.3) is 0 Å². The van der Waals surface area contributed by atoms with Gasteiger partial charge in [-0.1, -0.05) is 56.7 Å². The van der Waals surface area contributed by atoms with Crippen LogP contribution in [0.15, 0.2) is 53.4 Å². The maximum atomic E-state index is 14.5. The van der Waals surface area contributed by atoms with E-state index >= 15 is 0 Å². The van der Waals surface area contributed by atoms with E-state index in [1.54, 1.807) is 12.1 Å². The fourth-order valence-corrected chi connectivity index (χ4v) is 8.39. The SMILES string of the molecule is CN(CCCCC(C)(C)CN(C[C@@H](O)[C@H](Cc1ccccc1)NC(=O)O[C@H]1CO[C@H]2OCC[C@H]21)S(=O)(=O)c1cccc2c1OCCO2)C(=O)[O-]. The van der Waals surface area contributed by atoms with Gasteiger partial charge in [0.1, 0.15) is 30.3 Å². The number of aliphatic hydroxyl groups excluding tert-OH is 1. The lowest BCUT2D eigenvalue weighted by Gasteiger charge is -2.35. The average Bonchev–Trinajstić information content (AvgIpc) is 3.71. The Morgan fingerprint density at radius 3 is 2.58 bits per heavy atom. The molecule has 0 spiro atoms. The molecule has 14 nitrogen and oxygen atoms in total. The molecule has 2 aromatic rings. The van der Waals surface area contributed by atoms with E-state index in [-0.39, 0.29) is 62.4 Å². The molecule has 3 aliphatic heterocycles. The second-order valence-electron chi connectivity index (χ2n) is 13.9. The minimum Gasteiger partial charge on any atom is -0.530 e. The highest BCUT2D eigenvalue weighted by atomic mass is 32.2. The number of nitrogens with one attached hydrogen (secondary N) is 1. The highest BCUT2D eigenvalue weighted by Crippen LogP contribution is 2.39. The van der Waals surface area contributed by atoms with E-state index in [1.807, 2.05) is 44.2 Å². The zero-order chi connectivity index (χ0) is 35.9. The Morgan fingerprint density at radius 1 is 1.06 bits per heavy atom. The van der Waals surface area contributed by atoms with E-state index in [0.29, 0.717) is 38.0 Å². The molecule has 276 valence electrons. The summed E-state index contributed by atoms with van der Waals surface area (Å²) in [6.45, 7) is 4.97. The maximum Gasteiger partial charge on any atom is 0.407 e. The van der Waals surface area contributed by atoms with Gasteiger partial charge in [-0.15, -0.1) is 0 Å². The first-order valence-electron chi connectivity index (χ1n) is 17.1. The summed E-state index contributed by atoms with van der Waals surface area (Å²) in [5.74, 6) is 0.341. The Kier molecular flexibility index (Phi) is 12.5. The monoisotopic (exact) mass is 718 g/mol. The number of hydrogen-bond acceptors (Lipinski definition) is 11. The molecule has 0 bridgehead atoms. The summed E-state index contributed by atoms with van der Waals surface area (Å²) >= 11 is 0. The van der Waals surface area contributed by atoms with Gasteiger partial charge in [-0.3, -0.25) is 0 Å². The van der Waals surface area contributed by atoms with Crippen LogP contribution in [-0.2, 0) is 30.7 Å². The Bertz CT molecular complexity index is 1560. The average molecular weight is 719 g/mol. The van der Waals surface area contributed by atoms with Gasteiger partial charge in [0.2, 0.25) is 10.0 Å². The Morgan fingerprint density at radius 2 is 1.82 bits per heavy atom. The molecule has 0 unspecified atom stereocenters. The van der Waals surface area contributed by atoms with E-state index in [4.69, 9.17) is 23.7 Å². The normalized spacial score (nSPS) is 21.3. The zero-order valence-electron chi connectivity index (χ0n) is 28.8. The fraction of sp³-hybridized carbons (Fsp3) is 0.600. The molecular weight excluding hydrogens is 670 g/mol. The minimum atomic E-state index is -4.29. The molecule has 50 heavy (non-hydrogen) atoms. The third-order valence-corrected chi connectivity index (χ3v) is 11.2. The minimum absolute atomic E-state index is 0.0121. The van der Waals surface area contributed by atoms with Crippen molar-refractivity contribution in [1.29, 1.82) is 0 Å². The molecule has 0 aromatic heterocycles. The van der Waals surface area contributed by atoms with Crippen molar-refractivity contribution in [3.05, 3.63) is 54.1 Å². The molecule has 5 rings (SSSR count). The molecule has 0 aliphatic carbocycles. The van der Waals surface area contributed by atoms with Crippen LogP contribution in [0.4, 0.5) is 9.59 Å². The topological polar surface area (TPSA) is 176 Å². The summed E-state index contributed by atoms with van der Waals surface area (Å²) in [6.07, 6.45) is -1.62. The molecule has 15 heteroatoms. The van der Waals surface area contributed by atoms with Crippen LogP contribution >= 0.6 is 0 Å². The van der Waals surface area contributed by atoms with Gasteiger partial charge in [-0.25, -0.2) is 13.2 Å². The van der Waals surface area contributed by atoms with Gasteiger partial charge >= 0.3 is 6.09 Å². The zero-order valence-corrected chi connectivity index (χ0v) is 29.6. The highest BCUT2D eigenvalue weighted by molar-refractivity contribution is 7.89. The molecule has 2 saturated heterocycles. The summed E-state index contributed by atoms with van der Waals surface area (Å²) in [7, 11) is -2.85. The van der Waals surface area contributed by atoms with Crippen LogP contribution in [0, 0.1) is 11.3 Å². The van der Waals surface area contributed by atoms with Crippen LogP contribution in [0.2, 0.25) is 0 Å². The van der Waals surface area contributed by atoms with Crippen molar-refractivity contribution in [3.8, 4) is 11.5 Å². The van der Waals surface area contributed by atoms with Gasteiger partial charge in [0.15, 0.2) is 17.8 Å². The van der Waals surface area contributed by atoms with Crippen LogP contribution in [0.25, 0.3) is 0 Å². The molecule has 5 atom stereocenters. The molecule has 3 aliphatic rings. The van der Waals surface area contributed by atoms with Gasteiger partial charge in [-0.2, -0.15) is 4.31 Å². The molecule has 2 N–H and O–H groups in total. The maximum absolute atomic E-state index is 14.5. The number of sulfonamides is 1. The lowest BCUT2D eigenvalue weighted by molar-refractivity contribution is -0.264. The molecule has 0 saturated carbocycles. The number of para-hydroxylation sites is 1. The van der Waals surface area contributed by atoms with E-state index < -0.39 is 52.2 Å². The predicted molar refractivity (Wildman–Crippen MR) is 179 cm³/mol. The number of unbranched alkanes of at least 4 members (excludes halogenated alkanes) is 1. The Hall–Kier alpha value is -3.63. The number of carboxylic acid groups (broad SMARTS) is 1. The fourth-order valence-electron chi connectivity index (χ4n) is 6.59. The number of rotatable bonds is 16. The van der Waals surface area contributed by atoms with E-state index in [1.165, 1.54) is 17.4 Å². The van der Waals surface area contributed by atoms with Crippen molar-refractivity contribution in [2.75, 3.05) is 53.1 Å². The second-order valence-corrected chi connectivity index (χ2v) is 15.8. The lowest BCUT2D eigenvalue weighted by Crippen LogP contribution is -2.52. The Balaban J connectivity index is 1.37. The van der Waals surface area contributed by atoms with Gasteiger partial charge in [-0.05, 0) is 48.8 Å². The lowest BCUT2D eigenvalue weighted by atomic mass is 9.87. The number of fused-ring (bicyclic) bond motifs is 2. The van der Waals surface area contributed by atoms with Crippen molar-refractivity contribution in [1.82, 2.24) is 14.5 Å². The summed E-state index contributed by atoms with van der Waals surface area (Å²) < 4.78 is 58.6. The molecule has 2 fully saturated rings. The molecule has 2 amide bonds. The largest absolute Gasteiger partial charge is 0.530 e. The first-order chi connectivity index (χ1) is 23.8. The number of alkyl carbamates (subject to hydrolysis) is 1. The molecule has 2 aromatic carbocycles. The third kappa shape index (κ3) is 9.57. The second kappa shape index (κ2) is 16.6. The number of nitrogens with zero attached hydrogens (tertiary/aromatic N) is 2. The van der Waals surface area contributed by atoms with Crippen molar-refractivity contribution in [2.45, 2.75) is 75.4 Å². The van der Waals surface area contributed by atoms with E-state index in [0.717, 1.165) is 10.5 Å². The first kappa shape index (κ1) is 37.6. The van der Waals surface area contributed by atoms with Gasteiger partial charge in [0, 0.05) is 26.7 Å². The number of ether oxygens (including phenoxy) is 5. The van der Waals surface area contributed by atoms with Crippen LogP contribution in [-0.4, -0.2) is 113 Å². The third-order valence-electron chi connectivity index (χ3n) is 9.36. The van der Waals surface area contributed by atoms with Crippen LogP contribution in [0.5, 0.6) is 11.5 Å². The molecule has 0 radical (unpaired) electrons. The van der Waals surface area contributed by atoms with Crippen molar-refractivity contribution >= 4 is 22.2 Å². The smallest absolute Gasteiger partial charge is 0.407 e. The summed E-state index contributed by atoms with van der Waals surface area (Å²) in [6, 6.07) is 13.0. The van der Waals surface area contributed by atoms with Crippen molar-refractivity contribution in [3.63, 3.8) is 0 Å². The predicted octanol–water partition coefficient (Wildman–Crippen LogP) is 2.38. The quantitative estimate of drug-likeness (QED) is 0.244. The number of carbonyl (C=O) groups is 2. The molecule has 3 heterocycles. The van der Waals surface area contributed by atoms with Gasteiger partial charge < -0.3 is 48.9 Å². The number of benzene rings is 2. The number of carbonyl (C=O) groups excluding carboxylic acids is 2. The molecular formula is C35H48N3O11S-. The van der Waals surface area contributed by atoms with E-state index in [9.17, 15) is 28.2 Å². The number of aliphatic hydroxyl groups is 1. The number of hydrogen-bond donors (Lipinski definition) is 2. The number of amides is 2. The van der Waals surface area contributed by atoms with Crippen LogP contribution in [0.1, 0.15) is 45.1 Å². The summed E-state index contributed by atoms with van der Waals surface area (Å²) in [5, 5.41) is 25.7. The van der Waals surface area contributed by atoms with Crippen LogP contribution < -0.4 is 19.9 Å². The summed E-state index contributed by atoms with van der Waals surface area (Å²) in [4.78, 5) is 25.4. The standard InChI is InChI=1S/C35H49N3O11S/c1-35(2,15-7-8-16-37(3)34(41)42)23-38(50(43,44)30-13-9-12-28-31(30)46-19-18-45-28)21-27(39)26(20-24-10-5-4-6-11-24)36-33(40)49-29-22-48-32-25(29)14-17-47-32/h4-6,9-13,25-27,29,32,39H,7-8,14-23H2,1-3H3,(H,36,40)(H,41,42)/p-1/t25-,26-,27+,29-,32+/m0/s1. The van der Waals surface area contributed by atoms with Gasteiger partial charge in [0.05, 0.1) is 31.3 Å².